The Kier molecular flexibility index (Phi) is 8.08. The molecule has 32 heavy (non-hydrogen) atoms. The van der Waals surface area contributed by atoms with Crippen molar-refractivity contribution >= 4 is 29.3 Å². The molecular formula is C26H21ClN2O3. The number of amides is 1. The number of rotatable bonds is 9. The fraction of sp³-hybridized carbons (Fsp3) is 0.0769. The minimum atomic E-state index is -0.496. The van der Waals surface area contributed by atoms with E-state index in [-0.39, 0.29) is 5.57 Å². The van der Waals surface area contributed by atoms with Gasteiger partial charge in [0.2, 0.25) is 0 Å². The van der Waals surface area contributed by atoms with Crippen LogP contribution in [0.25, 0.3) is 6.08 Å². The Bertz CT molecular complexity index is 1150. The summed E-state index contributed by atoms with van der Waals surface area (Å²) in [5.74, 6) is 0.823. The van der Waals surface area contributed by atoms with Crippen LogP contribution in [0.15, 0.2) is 91.0 Å². The lowest BCUT2D eigenvalue weighted by Gasteiger charge is -2.09. The highest BCUT2D eigenvalue weighted by atomic mass is 35.5. The predicted octanol–water partition coefficient (Wildman–Crippen LogP) is 6.03. The molecule has 1 N–H and O–H groups in total. The number of nitrogens with zero attached hydrogens (tertiary/aromatic N) is 1. The molecule has 160 valence electrons. The lowest BCUT2D eigenvalue weighted by Crippen LogP contribution is -2.13. The van der Waals surface area contributed by atoms with Gasteiger partial charge in [0.05, 0.1) is 0 Å². The number of carbonyl (C=O) groups is 1. The maximum atomic E-state index is 12.5. The first kappa shape index (κ1) is 22.7. The van der Waals surface area contributed by atoms with E-state index in [0.29, 0.717) is 41.0 Å². The van der Waals surface area contributed by atoms with E-state index in [9.17, 15) is 10.1 Å². The van der Waals surface area contributed by atoms with Gasteiger partial charge in [0.25, 0.3) is 5.91 Å². The van der Waals surface area contributed by atoms with Gasteiger partial charge >= 0.3 is 0 Å². The zero-order chi connectivity index (χ0) is 22.8. The summed E-state index contributed by atoms with van der Waals surface area (Å²) in [7, 11) is 0. The highest BCUT2D eigenvalue weighted by Gasteiger charge is 2.10. The molecule has 5 nitrogen and oxygen atoms in total. The quantitative estimate of drug-likeness (QED) is 0.248. The van der Waals surface area contributed by atoms with Gasteiger partial charge in [-0.25, -0.2) is 0 Å². The van der Waals surface area contributed by atoms with Crippen LogP contribution < -0.4 is 14.8 Å². The highest BCUT2D eigenvalue weighted by molar-refractivity contribution is 6.31. The average Bonchev–Trinajstić information content (AvgIpc) is 2.82. The van der Waals surface area contributed by atoms with E-state index in [2.05, 4.69) is 11.9 Å². The van der Waals surface area contributed by atoms with Gasteiger partial charge in [-0.15, -0.1) is 0 Å². The molecule has 0 saturated heterocycles. The molecule has 0 aromatic heterocycles. The van der Waals surface area contributed by atoms with Crippen molar-refractivity contribution in [1.82, 2.24) is 0 Å². The van der Waals surface area contributed by atoms with Crippen LogP contribution in [0.2, 0.25) is 5.02 Å². The summed E-state index contributed by atoms with van der Waals surface area (Å²) in [6.07, 6.45) is 3.18. The topological polar surface area (TPSA) is 71.3 Å². The molecule has 0 saturated carbocycles. The smallest absolute Gasteiger partial charge is 0.266 e. The van der Waals surface area contributed by atoms with Gasteiger partial charge in [-0.2, -0.15) is 5.26 Å². The number of ether oxygens (including phenoxy) is 2. The second kappa shape index (κ2) is 11.4. The summed E-state index contributed by atoms with van der Waals surface area (Å²) in [5.41, 5.74) is 2.14. The van der Waals surface area contributed by atoms with Crippen molar-refractivity contribution in [2.75, 3.05) is 11.9 Å². The Morgan fingerprint density at radius 2 is 1.66 bits per heavy atom. The van der Waals surface area contributed by atoms with Crippen LogP contribution in [0.5, 0.6) is 11.5 Å². The minimum Gasteiger partial charge on any atom is -0.490 e. The molecule has 3 rings (SSSR count). The van der Waals surface area contributed by atoms with Crippen molar-refractivity contribution in [2.45, 2.75) is 6.61 Å². The Hall–Kier alpha value is -4.01. The second-order valence-corrected chi connectivity index (χ2v) is 7.10. The average molecular weight is 445 g/mol. The molecule has 0 spiro atoms. The normalized spacial score (nSPS) is 10.7. The first-order chi connectivity index (χ1) is 15.6. The molecule has 0 fully saturated rings. The van der Waals surface area contributed by atoms with Crippen LogP contribution in [-0.2, 0) is 11.4 Å². The van der Waals surface area contributed by atoms with Crippen LogP contribution in [-0.4, -0.2) is 12.5 Å². The minimum absolute atomic E-state index is 0.0104. The molecule has 0 atom stereocenters. The molecule has 3 aromatic carbocycles. The van der Waals surface area contributed by atoms with Crippen LogP contribution in [0.1, 0.15) is 11.1 Å². The van der Waals surface area contributed by atoms with Gasteiger partial charge in [-0.05, 0) is 54.1 Å². The highest BCUT2D eigenvalue weighted by Crippen LogP contribution is 2.21. The molecular weight excluding hydrogens is 424 g/mol. The van der Waals surface area contributed by atoms with Crippen molar-refractivity contribution in [3.63, 3.8) is 0 Å². The maximum absolute atomic E-state index is 12.5. The molecule has 1 amide bonds. The van der Waals surface area contributed by atoms with Crippen LogP contribution >= 0.6 is 11.6 Å². The number of nitriles is 1. The van der Waals surface area contributed by atoms with E-state index in [1.807, 2.05) is 30.3 Å². The summed E-state index contributed by atoms with van der Waals surface area (Å²) in [4.78, 5) is 12.5. The SMILES string of the molecule is C=CCOc1ccc(/C=C(\C#N)C(=O)Nc2ccc(OCc3ccccc3Cl)cc2)cc1. The van der Waals surface area contributed by atoms with E-state index in [1.54, 1.807) is 54.6 Å². The molecule has 0 radical (unpaired) electrons. The van der Waals surface area contributed by atoms with Crippen molar-refractivity contribution in [3.8, 4) is 17.6 Å². The zero-order valence-electron chi connectivity index (χ0n) is 17.3. The van der Waals surface area contributed by atoms with Crippen molar-refractivity contribution < 1.29 is 14.3 Å². The molecule has 0 aliphatic carbocycles. The van der Waals surface area contributed by atoms with E-state index < -0.39 is 5.91 Å². The fourth-order valence-electron chi connectivity index (χ4n) is 2.74. The lowest BCUT2D eigenvalue weighted by atomic mass is 10.1. The lowest BCUT2D eigenvalue weighted by molar-refractivity contribution is -0.112. The molecule has 3 aromatic rings. The predicted molar refractivity (Wildman–Crippen MR) is 127 cm³/mol. The molecule has 0 aliphatic rings. The maximum Gasteiger partial charge on any atom is 0.266 e. The summed E-state index contributed by atoms with van der Waals surface area (Å²) >= 11 is 6.13. The fourth-order valence-corrected chi connectivity index (χ4v) is 2.93. The van der Waals surface area contributed by atoms with Crippen LogP contribution in [0.3, 0.4) is 0 Å². The second-order valence-electron chi connectivity index (χ2n) is 6.70. The number of carbonyl (C=O) groups excluding carboxylic acids is 1. The molecule has 0 aliphatic heterocycles. The molecule has 0 heterocycles. The summed E-state index contributed by atoms with van der Waals surface area (Å²) < 4.78 is 11.2. The van der Waals surface area contributed by atoms with Crippen LogP contribution in [0.4, 0.5) is 5.69 Å². The van der Waals surface area contributed by atoms with Crippen molar-refractivity contribution in [1.29, 1.82) is 5.26 Å². The third kappa shape index (κ3) is 6.49. The molecule has 0 unspecified atom stereocenters. The summed E-state index contributed by atoms with van der Waals surface area (Å²) in [5, 5.41) is 12.8. The summed E-state index contributed by atoms with van der Waals surface area (Å²) in [6, 6.07) is 23.4. The van der Waals surface area contributed by atoms with E-state index in [1.165, 1.54) is 6.08 Å². The van der Waals surface area contributed by atoms with Gasteiger partial charge in [-0.1, -0.05) is 54.6 Å². The van der Waals surface area contributed by atoms with E-state index in [4.69, 9.17) is 21.1 Å². The molecule has 0 bridgehead atoms. The number of hydrogen-bond donors (Lipinski definition) is 1. The van der Waals surface area contributed by atoms with E-state index >= 15 is 0 Å². The number of benzene rings is 3. The van der Waals surface area contributed by atoms with Gasteiger partial charge in [0.1, 0.15) is 36.4 Å². The number of halogens is 1. The monoisotopic (exact) mass is 444 g/mol. The zero-order valence-corrected chi connectivity index (χ0v) is 18.0. The Labute approximate surface area is 192 Å². The van der Waals surface area contributed by atoms with Crippen LogP contribution in [0, 0.1) is 11.3 Å². The number of anilines is 1. The van der Waals surface area contributed by atoms with Gasteiger partial charge < -0.3 is 14.8 Å². The van der Waals surface area contributed by atoms with E-state index in [0.717, 1.165) is 5.56 Å². The van der Waals surface area contributed by atoms with Gasteiger partial charge in [0.15, 0.2) is 0 Å². The van der Waals surface area contributed by atoms with Gasteiger partial charge in [-0.3, -0.25) is 4.79 Å². The number of nitrogens with one attached hydrogen (secondary N) is 1. The van der Waals surface area contributed by atoms with Crippen molar-refractivity contribution in [3.05, 3.63) is 107 Å². The standard InChI is InChI=1S/C26H21ClN2O3/c1-2-15-31-23-11-7-19(8-12-23)16-21(17-28)26(30)29-22-9-13-24(14-10-22)32-18-20-5-3-4-6-25(20)27/h2-14,16H,1,15,18H2,(H,29,30)/b21-16+. The molecule has 6 heteroatoms. The third-order valence-electron chi connectivity index (χ3n) is 4.39. The van der Waals surface area contributed by atoms with Gasteiger partial charge in [0, 0.05) is 16.3 Å². The van der Waals surface area contributed by atoms with Crippen molar-refractivity contribution in [2.24, 2.45) is 0 Å². The Morgan fingerprint density at radius 1 is 1.00 bits per heavy atom. The third-order valence-corrected chi connectivity index (χ3v) is 4.76. The number of hydrogen-bond acceptors (Lipinski definition) is 4. The Morgan fingerprint density at radius 3 is 2.31 bits per heavy atom. The first-order valence-electron chi connectivity index (χ1n) is 9.82. The summed E-state index contributed by atoms with van der Waals surface area (Å²) in [6.45, 7) is 4.35. The largest absolute Gasteiger partial charge is 0.490 e. The first-order valence-corrected chi connectivity index (χ1v) is 10.2. The Balaban J connectivity index is 1.60.